The summed E-state index contributed by atoms with van der Waals surface area (Å²) in [5, 5.41) is 30.9. The lowest BCUT2D eigenvalue weighted by Crippen LogP contribution is -2.59. The summed E-state index contributed by atoms with van der Waals surface area (Å²) in [4.78, 5) is 22.1. The summed E-state index contributed by atoms with van der Waals surface area (Å²) in [6.07, 6.45) is 2.87. The molecule has 156 valence electrons. The highest BCUT2D eigenvalue weighted by Crippen LogP contribution is 2.42. The van der Waals surface area contributed by atoms with E-state index >= 15 is 0 Å². The van der Waals surface area contributed by atoms with Gasteiger partial charge in [-0.15, -0.1) is 0 Å². The molecule has 1 aliphatic heterocycles. The summed E-state index contributed by atoms with van der Waals surface area (Å²) in [7, 11) is 0. The van der Waals surface area contributed by atoms with Crippen LogP contribution in [0.15, 0.2) is 84.9 Å². The van der Waals surface area contributed by atoms with Gasteiger partial charge in [-0.1, -0.05) is 78.9 Å². The van der Waals surface area contributed by atoms with Crippen LogP contribution >= 0.6 is 0 Å². The predicted molar refractivity (Wildman–Crippen MR) is 113 cm³/mol. The molecule has 3 aromatic rings. The highest BCUT2D eigenvalue weighted by Gasteiger charge is 2.55. The highest BCUT2D eigenvalue weighted by atomic mass is 16.7. The lowest BCUT2D eigenvalue weighted by Gasteiger charge is -2.43. The Morgan fingerprint density at radius 2 is 1.39 bits per heavy atom. The van der Waals surface area contributed by atoms with Gasteiger partial charge in [-0.05, 0) is 23.3 Å². The molecule has 1 atom stereocenters. The molecule has 31 heavy (non-hydrogen) atoms. The van der Waals surface area contributed by atoms with Crippen LogP contribution in [0, 0.1) is 0 Å². The lowest BCUT2D eigenvalue weighted by atomic mass is 9.88. The Labute approximate surface area is 178 Å². The van der Waals surface area contributed by atoms with E-state index in [0.717, 1.165) is 5.56 Å². The molecule has 6 nitrogen and oxygen atoms in total. The third kappa shape index (κ3) is 3.80. The third-order valence-electron chi connectivity index (χ3n) is 5.22. The number of ketones is 2. The van der Waals surface area contributed by atoms with Gasteiger partial charge in [-0.2, -0.15) is 0 Å². The van der Waals surface area contributed by atoms with Gasteiger partial charge in [-0.25, -0.2) is 0 Å². The number of para-hydroxylation sites is 1. The number of rotatable bonds is 1. The first kappa shape index (κ1) is 20.7. The van der Waals surface area contributed by atoms with Crippen molar-refractivity contribution in [3.8, 4) is 5.75 Å². The molecule has 3 aromatic carbocycles. The Balaban J connectivity index is 0.000000166. The molecule has 0 saturated carbocycles. The zero-order valence-electron chi connectivity index (χ0n) is 16.4. The van der Waals surface area contributed by atoms with Crippen molar-refractivity contribution < 1.29 is 29.6 Å². The number of carbonyl (C=O) groups is 2. The Morgan fingerprint density at radius 1 is 0.742 bits per heavy atom. The Kier molecular flexibility index (Phi) is 5.29. The zero-order valence-corrected chi connectivity index (χ0v) is 16.4. The molecule has 3 N–H and O–H groups in total. The molecule has 0 spiro atoms. The fourth-order valence-corrected chi connectivity index (χ4v) is 3.55. The first-order valence-electron chi connectivity index (χ1n) is 9.67. The number of aliphatic hydroxyl groups is 3. The molecule has 6 heteroatoms. The zero-order chi connectivity index (χ0) is 22.1. The average molecular weight is 416 g/mol. The van der Waals surface area contributed by atoms with Crippen LogP contribution in [0.5, 0.6) is 5.75 Å². The standard InChI is InChI=1S/C15H14O4.C10H6O2/c16-14(17)10-11-6-4-5-9-13(11)19-15(14,18)12-7-2-1-3-8-12;11-9-6-5-7-3-1-2-4-8(7)10(9)12/h1-9,16-18H,10H2;1-6H. The largest absolute Gasteiger partial charge is 0.452 e. The number of fused-ring (bicyclic) bond motifs is 2. The van der Waals surface area contributed by atoms with E-state index in [-0.39, 0.29) is 6.42 Å². The predicted octanol–water partition coefficient (Wildman–Crippen LogP) is 2.61. The van der Waals surface area contributed by atoms with E-state index in [2.05, 4.69) is 0 Å². The number of Topliss-reactive ketones (excluding diaryl/α,β-unsaturated/α-hetero) is 1. The van der Waals surface area contributed by atoms with Crippen LogP contribution in [0.1, 0.15) is 27.0 Å². The summed E-state index contributed by atoms with van der Waals surface area (Å²) < 4.78 is 5.48. The molecule has 1 unspecified atom stereocenters. The van der Waals surface area contributed by atoms with Gasteiger partial charge in [0.2, 0.25) is 17.4 Å². The van der Waals surface area contributed by atoms with Crippen molar-refractivity contribution in [2.75, 3.05) is 0 Å². The first-order chi connectivity index (χ1) is 14.8. The number of carbonyl (C=O) groups excluding carboxylic acids is 2. The molecule has 2 aliphatic rings. The Bertz CT molecular complexity index is 1170. The molecule has 0 radical (unpaired) electrons. The Hall–Kier alpha value is -3.58. The monoisotopic (exact) mass is 416 g/mol. The van der Waals surface area contributed by atoms with Gasteiger partial charge in [0.25, 0.3) is 5.79 Å². The smallest absolute Gasteiger partial charge is 0.289 e. The maximum atomic E-state index is 11.2. The second-order valence-corrected chi connectivity index (χ2v) is 7.33. The number of benzene rings is 3. The fraction of sp³-hybridized carbons (Fsp3) is 0.120. The van der Waals surface area contributed by atoms with Gasteiger partial charge < -0.3 is 20.1 Å². The minimum atomic E-state index is -2.39. The van der Waals surface area contributed by atoms with E-state index in [1.165, 1.54) is 6.08 Å². The van der Waals surface area contributed by atoms with Crippen LogP contribution in [0.4, 0.5) is 0 Å². The minimum Gasteiger partial charge on any atom is -0.452 e. The quantitative estimate of drug-likeness (QED) is 0.416. The molecule has 0 fully saturated rings. The van der Waals surface area contributed by atoms with Crippen molar-refractivity contribution in [1.29, 1.82) is 0 Å². The second kappa shape index (κ2) is 7.92. The summed E-state index contributed by atoms with van der Waals surface area (Å²) in [5.41, 5.74) is 2.27. The van der Waals surface area contributed by atoms with E-state index in [0.29, 0.717) is 22.4 Å². The van der Waals surface area contributed by atoms with Gasteiger partial charge in [0.15, 0.2) is 0 Å². The Morgan fingerprint density at radius 3 is 2.16 bits per heavy atom. The van der Waals surface area contributed by atoms with E-state index < -0.39 is 23.1 Å². The summed E-state index contributed by atoms with van der Waals surface area (Å²) in [5.74, 6) is -4.96. The van der Waals surface area contributed by atoms with Crippen LogP contribution in [0.2, 0.25) is 0 Å². The van der Waals surface area contributed by atoms with Gasteiger partial charge in [0, 0.05) is 17.5 Å². The maximum Gasteiger partial charge on any atom is 0.289 e. The van der Waals surface area contributed by atoms with E-state index in [4.69, 9.17) is 4.74 Å². The molecule has 1 aliphatic carbocycles. The van der Waals surface area contributed by atoms with Crippen LogP contribution in [0.3, 0.4) is 0 Å². The number of hydrogen-bond donors (Lipinski definition) is 3. The molecular weight excluding hydrogens is 396 g/mol. The molecule has 1 heterocycles. The number of hydrogen-bond acceptors (Lipinski definition) is 6. The van der Waals surface area contributed by atoms with Crippen molar-refractivity contribution in [2.24, 2.45) is 0 Å². The average Bonchev–Trinajstić information content (AvgIpc) is 2.78. The maximum absolute atomic E-state index is 11.2. The molecule has 0 bridgehead atoms. The van der Waals surface area contributed by atoms with Crippen LogP contribution < -0.4 is 4.74 Å². The highest BCUT2D eigenvalue weighted by molar-refractivity contribution is 6.49. The molecule has 0 saturated heterocycles. The van der Waals surface area contributed by atoms with Gasteiger partial charge >= 0.3 is 0 Å². The topological polar surface area (TPSA) is 104 Å². The van der Waals surface area contributed by atoms with Crippen molar-refractivity contribution in [1.82, 2.24) is 0 Å². The van der Waals surface area contributed by atoms with Crippen molar-refractivity contribution in [3.63, 3.8) is 0 Å². The summed E-state index contributed by atoms with van der Waals surface area (Å²) in [6, 6.07) is 22.4. The second-order valence-electron chi connectivity index (χ2n) is 7.33. The first-order valence-corrected chi connectivity index (χ1v) is 9.67. The summed E-state index contributed by atoms with van der Waals surface area (Å²) in [6.45, 7) is 0. The van der Waals surface area contributed by atoms with Crippen molar-refractivity contribution >= 4 is 17.6 Å². The molecule has 0 amide bonds. The molecule has 0 aromatic heterocycles. The third-order valence-corrected chi connectivity index (χ3v) is 5.22. The number of ether oxygens (including phenoxy) is 1. The minimum absolute atomic E-state index is 0.103. The SMILES string of the molecule is O=C1C=Cc2ccccc2C1=O.OC1(O)Cc2ccccc2OC1(O)c1ccccc1. The van der Waals surface area contributed by atoms with Gasteiger partial charge in [0.05, 0.1) is 0 Å². The van der Waals surface area contributed by atoms with E-state index in [1.54, 1.807) is 72.8 Å². The summed E-state index contributed by atoms with van der Waals surface area (Å²) >= 11 is 0. The van der Waals surface area contributed by atoms with E-state index in [1.807, 2.05) is 12.1 Å². The van der Waals surface area contributed by atoms with Crippen molar-refractivity contribution in [2.45, 2.75) is 18.0 Å². The number of allylic oxidation sites excluding steroid dienone is 1. The van der Waals surface area contributed by atoms with Crippen LogP contribution in [0.25, 0.3) is 6.08 Å². The van der Waals surface area contributed by atoms with Crippen LogP contribution in [-0.4, -0.2) is 32.7 Å². The fourth-order valence-electron chi connectivity index (χ4n) is 3.55. The lowest BCUT2D eigenvalue weighted by molar-refractivity contribution is -0.359. The van der Waals surface area contributed by atoms with Gasteiger partial charge in [-0.3, -0.25) is 9.59 Å². The van der Waals surface area contributed by atoms with Gasteiger partial charge in [0.1, 0.15) is 5.75 Å². The molecular formula is C25H20O6. The van der Waals surface area contributed by atoms with Crippen LogP contribution in [-0.2, 0) is 17.0 Å². The van der Waals surface area contributed by atoms with Crippen molar-refractivity contribution in [3.05, 3.63) is 107 Å². The molecule has 5 rings (SSSR count). The van der Waals surface area contributed by atoms with E-state index in [9.17, 15) is 24.9 Å². The normalized spacial score (nSPS) is 20.6.